The molecule has 1 heterocycles. The van der Waals surface area contributed by atoms with Crippen LogP contribution in [0.4, 0.5) is 0 Å². The van der Waals surface area contributed by atoms with Gasteiger partial charge in [-0.25, -0.2) is 0 Å². The molecule has 2 heteroatoms. The zero-order valence-corrected chi connectivity index (χ0v) is 46.1. The molecule has 0 N–H and O–H groups in total. The van der Waals surface area contributed by atoms with Crippen LogP contribution in [0.15, 0.2) is 319 Å². The normalized spacial score (nSPS) is 12.8. The van der Waals surface area contributed by atoms with E-state index in [2.05, 4.69) is 309 Å². The molecule has 1 aliphatic heterocycles. The Balaban J connectivity index is 0.700. The summed E-state index contributed by atoms with van der Waals surface area (Å²) < 4.78 is 0. The Hall–Kier alpha value is -10.8. The molecule has 15 aromatic rings. The number of fused-ring (bicyclic) bond motifs is 9. The average molecular weight is 1070 g/mol. The van der Waals surface area contributed by atoms with Crippen molar-refractivity contribution in [3.63, 3.8) is 0 Å². The lowest BCUT2D eigenvalue weighted by atomic mass is 9.91. The van der Waals surface area contributed by atoms with Gasteiger partial charge in [0.25, 0.3) is 0 Å². The van der Waals surface area contributed by atoms with E-state index in [0.717, 1.165) is 33.7 Å². The molecule has 1 aliphatic rings. The number of aliphatic imine (C=N–C) groups is 2. The van der Waals surface area contributed by atoms with Gasteiger partial charge in [0.1, 0.15) is 0 Å². The standard InChI is InChI=1S/C82H54N2/c1-4-16-68-65(13-1)49-77(74-22-10-7-19-71(68)74)59-37-25-53(26-38-59)56-31-43-62(44-32-56)80-52-81(63-45-33-57(34-46-63)54-27-39-60(40-28-54)78-50-66-14-2-5-17-69(66)72-20-8-11-23-75(72)78)84-82(83-80)64-47-35-58(36-48-64)55-29-41-61(42-30-55)79-51-67-15-3-6-18-70(67)73-21-9-12-24-76(73)79/h1-51,82H,52H2. The molecule has 0 aromatic heterocycles. The lowest BCUT2D eigenvalue weighted by molar-refractivity contribution is 0.764. The zero-order valence-electron chi connectivity index (χ0n) is 46.1. The smallest absolute Gasteiger partial charge is 0.165 e. The lowest BCUT2D eigenvalue weighted by Crippen LogP contribution is -2.18. The van der Waals surface area contributed by atoms with E-state index in [9.17, 15) is 0 Å². The highest BCUT2D eigenvalue weighted by Crippen LogP contribution is 2.40. The molecule has 84 heavy (non-hydrogen) atoms. The van der Waals surface area contributed by atoms with E-state index in [1.54, 1.807) is 0 Å². The van der Waals surface area contributed by atoms with Crippen LogP contribution in [0.1, 0.15) is 29.3 Å². The molecule has 0 saturated heterocycles. The largest absolute Gasteiger partial charge is 0.257 e. The summed E-state index contributed by atoms with van der Waals surface area (Å²) in [5.74, 6) is 0. The SMILES string of the molecule is c1ccc2c(c1)cc(-c1ccc(-c3ccc(C4=NC(c5ccc(-c6ccc(-c7cc8ccccc8c8ccccc78)cc6)cc5)N=C(c5ccc(-c6ccc(-c7cc8ccccc8c8ccccc78)cc6)cc5)C4)cc3)cc1)c1ccccc12. The number of hydrogen-bond donors (Lipinski definition) is 0. The van der Waals surface area contributed by atoms with E-state index in [4.69, 9.17) is 9.98 Å². The Morgan fingerprint density at radius 2 is 0.429 bits per heavy atom. The summed E-state index contributed by atoms with van der Waals surface area (Å²) in [6, 6.07) is 113. The molecule has 0 saturated carbocycles. The minimum Gasteiger partial charge on any atom is -0.257 e. The summed E-state index contributed by atoms with van der Waals surface area (Å²) in [7, 11) is 0. The third-order valence-corrected chi connectivity index (χ3v) is 17.4. The minimum absolute atomic E-state index is 0.404. The second-order valence-electron chi connectivity index (χ2n) is 22.3. The van der Waals surface area contributed by atoms with Gasteiger partial charge in [-0.3, -0.25) is 9.98 Å². The molecule has 392 valence electrons. The summed E-state index contributed by atoms with van der Waals surface area (Å²) in [5, 5.41) is 15.2. The maximum Gasteiger partial charge on any atom is 0.165 e. The third-order valence-electron chi connectivity index (χ3n) is 17.4. The second-order valence-corrected chi connectivity index (χ2v) is 22.3. The van der Waals surface area contributed by atoms with Gasteiger partial charge in [-0.2, -0.15) is 0 Å². The Morgan fingerprint density at radius 3 is 0.726 bits per heavy atom. The van der Waals surface area contributed by atoms with Crippen LogP contribution in [-0.2, 0) is 0 Å². The Kier molecular flexibility index (Phi) is 12.0. The fourth-order valence-electron chi connectivity index (χ4n) is 13.0. The quantitative estimate of drug-likeness (QED) is 0.129. The molecule has 0 aliphatic carbocycles. The molecule has 0 fully saturated rings. The Bertz CT molecular complexity index is 4870. The van der Waals surface area contributed by atoms with Crippen LogP contribution in [0.2, 0.25) is 0 Å². The minimum atomic E-state index is -0.404. The van der Waals surface area contributed by atoms with E-state index in [1.807, 2.05) is 0 Å². The number of benzene rings is 15. The van der Waals surface area contributed by atoms with Crippen LogP contribution in [0.25, 0.3) is 131 Å². The topological polar surface area (TPSA) is 24.7 Å². The van der Waals surface area contributed by atoms with Gasteiger partial charge in [-0.1, -0.05) is 291 Å². The van der Waals surface area contributed by atoms with Crippen LogP contribution in [0, 0.1) is 0 Å². The molecule has 0 unspecified atom stereocenters. The van der Waals surface area contributed by atoms with Crippen molar-refractivity contribution >= 4 is 76.1 Å². The summed E-state index contributed by atoms with van der Waals surface area (Å²) in [5.41, 5.74) is 19.7. The van der Waals surface area contributed by atoms with Crippen LogP contribution < -0.4 is 0 Å². The van der Waals surface area contributed by atoms with Crippen LogP contribution in [-0.4, -0.2) is 11.4 Å². The number of rotatable bonds is 9. The molecule has 15 aromatic carbocycles. The van der Waals surface area contributed by atoms with Crippen molar-refractivity contribution in [1.82, 2.24) is 0 Å². The average Bonchev–Trinajstić information content (AvgIpc) is 3.42. The van der Waals surface area contributed by atoms with E-state index >= 15 is 0 Å². The fourth-order valence-corrected chi connectivity index (χ4v) is 13.0. The van der Waals surface area contributed by atoms with Gasteiger partial charge in [-0.05, 0) is 166 Å². The van der Waals surface area contributed by atoms with E-state index in [1.165, 1.54) is 126 Å². The van der Waals surface area contributed by atoms with Crippen molar-refractivity contribution in [1.29, 1.82) is 0 Å². The van der Waals surface area contributed by atoms with Crippen molar-refractivity contribution in [3.05, 3.63) is 326 Å². The van der Waals surface area contributed by atoms with Gasteiger partial charge >= 0.3 is 0 Å². The van der Waals surface area contributed by atoms with Gasteiger partial charge in [0.15, 0.2) is 6.17 Å². The first-order valence-electron chi connectivity index (χ1n) is 29.1. The highest BCUT2D eigenvalue weighted by Gasteiger charge is 2.22. The number of nitrogens with zero attached hydrogens (tertiary/aromatic N) is 2. The zero-order chi connectivity index (χ0) is 55.5. The second kappa shape index (κ2) is 20.6. The molecule has 16 rings (SSSR count). The molecule has 0 radical (unpaired) electrons. The van der Waals surface area contributed by atoms with Crippen LogP contribution in [0.3, 0.4) is 0 Å². The molecule has 0 amide bonds. The molecular weight excluding hydrogens is 1010 g/mol. The summed E-state index contributed by atoms with van der Waals surface area (Å²) in [4.78, 5) is 10.9. The van der Waals surface area contributed by atoms with Crippen molar-refractivity contribution in [2.45, 2.75) is 12.6 Å². The van der Waals surface area contributed by atoms with E-state index in [0.29, 0.717) is 6.42 Å². The van der Waals surface area contributed by atoms with Crippen LogP contribution in [0.5, 0.6) is 0 Å². The predicted octanol–water partition coefficient (Wildman–Crippen LogP) is 22.0. The maximum absolute atomic E-state index is 5.45. The van der Waals surface area contributed by atoms with E-state index in [-0.39, 0.29) is 0 Å². The summed E-state index contributed by atoms with van der Waals surface area (Å²) in [6.07, 6.45) is 0.216. The van der Waals surface area contributed by atoms with Crippen molar-refractivity contribution < 1.29 is 0 Å². The van der Waals surface area contributed by atoms with Crippen LogP contribution >= 0.6 is 0 Å². The fraction of sp³-hybridized carbons (Fsp3) is 0.0244. The van der Waals surface area contributed by atoms with Crippen molar-refractivity contribution in [3.8, 4) is 66.8 Å². The third kappa shape index (κ3) is 8.84. The summed E-state index contributed by atoms with van der Waals surface area (Å²) >= 11 is 0. The van der Waals surface area contributed by atoms with Crippen molar-refractivity contribution in [2.24, 2.45) is 9.98 Å². The highest BCUT2D eigenvalue weighted by molar-refractivity contribution is 6.20. The van der Waals surface area contributed by atoms with E-state index < -0.39 is 6.17 Å². The highest BCUT2D eigenvalue weighted by atomic mass is 15.0. The molecular formula is C82H54N2. The van der Waals surface area contributed by atoms with Gasteiger partial charge < -0.3 is 0 Å². The molecule has 0 bridgehead atoms. The molecule has 0 spiro atoms. The van der Waals surface area contributed by atoms with Gasteiger partial charge in [0.05, 0.1) is 11.4 Å². The Labute approximate surface area is 488 Å². The number of hydrogen-bond acceptors (Lipinski definition) is 2. The Morgan fingerprint density at radius 1 is 0.202 bits per heavy atom. The first-order chi connectivity index (χ1) is 41.6. The maximum atomic E-state index is 5.45. The van der Waals surface area contributed by atoms with Crippen molar-refractivity contribution in [2.75, 3.05) is 0 Å². The van der Waals surface area contributed by atoms with Gasteiger partial charge in [0, 0.05) is 6.42 Å². The molecule has 0 atom stereocenters. The van der Waals surface area contributed by atoms with Gasteiger partial charge in [0.2, 0.25) is 0 Å². The predicted molar refractivity (Wildman–Crippen MR) is 357 cm³/mol. The first-order valence-corrected chi connectivity index (χ1v) is 29.1. The monoisotopic (exact) mass is 1070 g/mol. The summed E-state index contributed by atoms with van der Waals surface area (Å²) in [6.45, 7) is 0. The van der Waals surface area contributed by atoms with Gasteiger partial charge in [-0.15, -0.1) is 0 Å². The first kappa shape index (κ1) is 49.1. The lowest BCUT2D eigenvalue weighted by Gasteiger charge is -2.21. The molecule has 2 nitrogen and oxygen atoms in total.